The molecule has 4 heteroatoms. The van der Waals surface area contributed by atoms with E-state index in [4.69, 9.17) is 9.47 Å². The maximum Gasteiger partial charge on any atom is 0.141 e. The van der Waals surface area contributed by atoms with Crippen LogP contribution in [-0.2, 0) is 4.74 Å². The first-order chi connectivity index (χ1) is 9.33. The van der Waals surface area contributed by atoms with E-state index in [1.165, 1.54) is 12.8 Å². The molecule has 0 radical (unpaired) electrons. The molecular weight excluding hydrogens is 242 g/mol. The van der Waals surface area contributed by atoms with Crippen LogP contribution >= 0.6 is 0 Å². The minimum absolute atomic E-state index is 0.0765. The van der Waals surface area contributed by atoms with Crippen LogP contribution in [0.2, 0.25) is 0 Å². The zero-order valence-corrected chi connectivity index (χ0v) is 11.3. The zero-order valence-electron chi connectivity index (χ0n) is 11.3. The minimum Gasteiger partial charge on any atom is -0.493 e. The smallest absolute Gasteiger partial charge is 0.141 e. The number of aliphatic hydroxyl groups excluding tert-OH is 1. The van der Waals surface area contributed by atoms with Crippen LogP contribution in [0.5, 0.6) is 5.75 Å². The molecular formula is C15H21NO3. The number of rotatable bonds is 5. The first kappa shape index (κ1) is 12.9. The fourth-order valence-electron chi connectivity index (χ4n) is 2.71. The summed E-state index contributed by atoms with van der Waals surface area (Å²) in [4.78, 5) is 2.36. The van der Waals surface area contributed by atoms with Gasteiger partial charge in [0.2, 0.25) is 0 Å². The predicted octanol–water partition coefficient (Wildman–Crippen LogP) is 1.94. The molecule has 1 aliphatic carbocycles. The van der Waals surface area contributed by atoms with Gasteiger partial charge in [-0.25, -0.2) is 0 Å². The lowest BCUT2D eigenvalue weighted by Crippen LogP contribution is -2.28. The molecule has 1 heterocycles. The highest BCUT2D eigenvalue weighted by atomic mass is 16.5. The van der Waals surface area contributed by atoms with Gasteiger partial charge in [-0.15, -0.1) is 0 Å². The van der Waals surface area contributed by atoms with Crippen molar-refractivity contribution >= 4 is 0 Å². The van der Waals surface area contributed by atoms with Gasteiger partial charge in [-0.1, -0.05) is 18.2 Å². The van der Waals surface area contributed by atoms with Gasteiger partial charge in [0.25, 0.3) is 0 Å². The Labute approximate surface area is 113 Å². The molecule has 1 saturated carbocycles. The average molecular weight is 263 g/mol. The zero-order chi connectivity index (χ0) is 13.2. The van der Waals surface area contributed by atoms with Crippen LogP contribution in [0.1, 0.15) is 31.6 Å². The highest BCUT2D eigenvalue weighted by Crippen LogP contribution is 2.42. The van der Waals surface area contributed by atoms with E-state index in [0.29, 0.717) is 12.6 Å². The Hall–Kier alpha value is -1.10. The van der Waals surface area contributed by atoms with Gasteiger partial charge in [-0.3, -0.25) is 4.90 Å². The SMILES string of the molecule is CCOc1ccccc1C1OC(CO)CN1C1CC1. The van der Waals surface area contributed by atoms with Gasteiger partial charge >= 0.3 is 0 Å². The molecule has 0 aromatic heterocycles. The molecule has 1 saturated heterocycles. The number of ether oxygens (including phenoxy) is 2. The number of aliphatic hydroxyl groups is 1. The Morgan fingerprint density at radius 3 is 2.84 bits per heavy atom. The fourth-order valence-corrected chi connectivity index (χ4v) is 2.71. The molecule has 1 N–H and O–H groups in total. The quantitative estimate of drug-likeness (QED) is 0.881. The lowest BCUT2D eigenvalue weighted by molar-refractivity contribution is -0.0229. The Kier molecular flexibility index (Phi) is 3.73. The van der Waals surface area contributed by atoms with Crippen molar-refractivity contribution in [3.05, 3.63) is 29.8 Å². The molecule has 1 aliphatic heterocycles. The van der Waals surface area contributed by atoms with E-state index < -0.39 is 0 Å². The molecule has 1 aromatic carbocycles. The summed E-state index contributed by atoms with van der Waals surface area (Å²) in [7, 11) is 0. The van der Waals surface area contributed by atoms with Crippen LogP contribution in [0.15, 0.2) is 24.3 Å². The van der Waals surface area contributed by atoms with Crippen molar-refractivity contribution in [3.8, 4) is 5.75 Å². The second-order valence-corrected chi connectivity index (χ2v) is 5.19. The van der Waals surface area contributed by atoms with Crippen molar-refractivity contribution in [2.45, 2.75) is 38.1 Å². The normalized spacial score (nSPS) is 27.7. The van der Waals surface area contributed by atoms with E-state index in [1.54, 1.807) is 0 Å². The molecule has 4 nitrogen and oxygen atoms in total. The summed E-state index contributed by atoms with van der Waals surface area (Å²) < 4.78 is 11.7. The van der Waals surface area contributed by atoms with Crippen molar-refractivity contribution in [1.29, 1.82) is 0 Å². The van der Waals surface area contributed by atoms with E-state index in [-0.39, 0.29) is 18.9 Å². The Balaban J connectivity index is 1.86. The van der Waals surface area contributed by atoms with E-state index in [9.17, 15) is 5.11 Å². The molecule has 2 fully saturated rings. The molecule has 2 unspecified atom stereocenters. The summed E-state index contributed by atoms with van der Waals surface area (Å²) in [6.07, 6.45) is 2.30. The first-order valence-electron chi connectivity index (χ1n) is 7.07. The van der Waals surface area contributed by atoms with Gasteiger partial charge in [0.15, 0.2) is 0 Å². The van der Waals surface area contributed by atoms with Gasteiger partial charge in [-0.05, 0) is 25.8 Å². The number of benzene rings is 1. The summed E-state index contributed by atoms with van der Waals surface area (Å²) in [6.45, 7) is 3.53. The van der Waals surface area contributed by atoms with E-state index >= 15 is 0 Å². The molecule has 0 bridgehead atoms. The van der Waals surface area contributed by atoms with E-state index in [1.807, 2.05) is 25.1 Å². The summed E-state index contributed by atoms with van der Waals surface area (Å²) >= 11 is 0. The molecule has 0 spiro atoms. The molecule has 19 heavy (non-hydrogen) atoms. The van der Waals surface area contributed by atoms with Crippen molar-refractivity contribution < 1.29 is 14.6 Å². The van der Waals surface area contributed by atoms with Crippen LogP contribution in [-0.4, -0.2) is 41.9 Å². The molecule has 0 amide bonds. The van der Waals surface area contributed by atoms with Gasteiger partial charge < -0.3 is 14.6 Å². The van der Waals surface area contributed by atoms with Crippen molar-refractivity contribution in [1.82, 2.24) is 4.90 Å². The Bertz CT molecular complexity index is 433. The third-order valence-electron chi connectivity index (χ3n) is 3.74. The number of hydrogen-bond acceptors (Lipinski definition) is 4. The summed E-state index contributed by atoms with van der Waals surface area (Å²) in [5, 5.41) is 9.34. The van der Waals surface area contributed by atoms with Crippen LogP contribution in [0, 0.1) is 0 Å². The third kappa shape index (κ3) is 2.61. The largest absolute Gasteiger partial charge is 0.493 e. The fraction of sp³-hybridized carbons (Fsp3) is 0.600. The van der Waals surface area contributed by atoms with Crippen LogP contribution < -0.4 is 4.74 Å². The Morgan fingerprint density at radius 2 is 2.16 bits per heavy atom. The average Bonchev–Trinajstić information content (AvgIpc) is 3.19. The van der Waals surface area contributed by atoms with Crippen molar-refractivity contribution in [2.24, 2.45) is 0 Å². The maximum absolute atomic E-state index is 9.34. The van der Waals surface area contributed by atoms with Crippen LogP contribution in [0.25, 0.3) is 0 Å². The summed E-state index contributed by atoms with van der Waals surface area (Å²) in [6, 6.07) is 8.65. The van der Waals surface area contributed by atoms with E-state index in [0.717, 1.165) is 17.9 Å². The van der Waals surface area contributed by atoms with Gasteiger partial charge in [0.05, 0.1) is 19.3 Å². The van der Waals surface area contributed by atoms with E-state index in [2.05, 4.69) is 11.0 Å². The standard InChI is InChI=1S/C15H21NO3/c1-2-18-14-6-4-3-5-13(14)15-16(11-7-8-11)9-12(10-17)19-15/h3-6,11-12,15,17H,2,7-10H2,1H3. The molecule has 104 valence electrons. The number of nitrogens with zero attached hydrogens (tertiary/aromatic N) is 1. The van der Waals surface area contributed by atoms with Gasteiger partial charge in [-0.2, -0.15) is 0 Å². The second-order valence-electron chi connectivity index (χ2n) is 5.19. The third-order valence-corrected chi connectivity index (χ3v) is 3.74. The summed E-state index contributed by atoms with van der Waals surface area (Å²) in [5.74, 6) is 0.888. The van der Waals surface area contributed by atoms with Gasteiger partial charge in [0, 0.05) is 18.2 Å². The molecule has 2 aliphatic rings. The highest BCUT2D eigenvalue weighted by molar-refractivity contribution is 5.35. The maximum atomic E-state index is 9.34. The molecule has 1 aromatic rings. The first-order valence-corrected chi connectivity index (χ1v) is 7.07. The van der Waals surface area contributed by atoms with Crippen LogP contribution in [0.3, 0.4) is 0 Å². The summed E-state index contributed by atoms with van der Waals surface area (Å²) in [5.41, 5.74) is 1.08. The highest BCUT2D eigenvalue weighted by Gasteiger charge is 2.42. The van der Waals surface area contributed by atoms with Crippen molar-refractivity contribution in [2.75, 3.05) is 19.8 Å². The molecule has 2 atom stereocenters. The number of para-hydroxylation sites is 1. The predicted molar refractivity (Wildman–Crippen MR) is 72.0 cm³/mol. The molecule has 3 rings (SSSR count). The monoisotopic (exact) mass is 263 g/mol. The lowest BCUT2D eigenvalue weighted by atomic mass is 10.1. The Morgan fingerprint density at radius 1 is 1.37 bits per heavy atom. The second kappa shape index (κ2) is 5.49. The topological polar surface area (TPSA) is 41.9 Å². The van der Waals surface area contributed by atoms with Gasteiger partial charge in [0.1, 0.15) is 12.0 Å². The van der Waals surface area contributed by atoms with Crippen LogP contribution in [0.4, 0.5) is 0 Å². The lowest BCUT2D eigenvalue weighted by Gasteiger charge is -2.24. The minimum atomic E-state index is -0.0831. The van der Waals surface area contributed by atoms with Crippen molar-refractivity contribution in [3.63, 3.8) is 0 Å². The number of hydrogen-bond donors (Lipinski definition) is 1.